The quantitative estimate of drug-likeness (QED) is 0.640. The highest BCUT2D eigenvalue weighted by molar-refractivity contribution is 6.31. The minimum atomic E-state index is -0.862. The van der Waals surface area contributed by atoms with E-state index in [1.807, 2.05) is 6.92 Å². The number of benzene rings is 1. The summed E-state index contributed by atoms with van der Waals surface area (Å²) in [6, 6.07) is 4.41. The lowest BCUT2D eigenvalue weighted by Crippen LogP contribution is -2.36. The van der Waals surface area contributed by atoms with E-state index in [4.69, 9.17) is 22.1 Å². The number of nitrogen functional groups attached to an aromatic ring is 1. The lowest BCUT2D eigenvalue weighted by molar-refractivity contribution is -0.129. The van der Waals surface area contributed by atoms with Crippen LogP contribution in [0.1, 0.15) is 30.6 Å². The number of rotatable bonds is 5. The topological polar surface area (TPSA) is 81.4 Å². The third-order valence-electron chi connectivity index (χ3n) is 2.36. The first-order valence-corrected chi connectivity index (χ1v) is 6.36. The Bertz CT molecular complexity index is 457. The Kier molecular flexibility index (Phi) is 5.63. The van der Waals surface area contributed by atoms with Gasteiger partial charge in [-0.15, -0.1) is 0 Å². The molecule has 0 saturated heterocycles. The van der Waals surface area contributed by atoms with Gasteiger partial charge in [0.2, 0.25) is 0 Å². The number of carbonyl (C=O) groups is 2. The van der Waals surface area contributed by atoms with Gasteiger partial charge in [-0.3, -0.25) is 4.79 Å². The van der Waals surface area contributed by atoms with Gasteiger partial charge in [0.1, 0.15) is 0 Å². The van der Waals surface area contributed by atoms with Crippen LogP contribution in [0, 0.1) is 0 Å². The molecular formula is C13H17ClN2O3. The van der Waals surface area contributed by atoms with E-state index in [2.05, 4.69) is 5.32 Å². The summed E-state index contributed by atoms with van der Waals surface area (Å²) in [6.45, 7) is 3.99. The van der Waals surface area contributed by atoms with Crippen molar-refractivity contribution in [2.45, 2.75) is 26.4 Å². The molecule has 1 atom stereocenters. The summed E-state index contributed by atoms with van der Waals surface area (Å²) in [5.41, 5.74) is 6.17. The van der Waals surface area contributed by atoms with Gasteiger partial charge in [-0.2, -0.15) is 0 Å². The number of halogens is 1. The standard InChI is InChI=1S/C13H17ClN2O3/c1-3-4-16-12(17)8(2)19-13(18)9-5-10(14)7-11(15)6-9/h5-8H,3-4,15H2,1-2H3,(H,16,17). The van der Waals surface area contributed by atoms with Crippen molar-refractivity contribution in [2.75, 3.05) is 12.3 Å². The molecule has 104 valence electrons. The first-order valence-electron chi connectivity index (χ1n) is 5.98. The summed E-state index contributed by atoms with van der Waals surface area (Å²) in [6.07, 6.45) is -0.0451. The predicted octanol–water partition coefficient (Wildman–Crippen LogP) is 1.99. The molecule has 1 amide bonds. The van der Waals surface area contributed by atoms with Gasteiger partial charge in [0.25, 0.3) is 5.91 Å². The van der Waals surface area contributed by atoms with Gasteiger partial charge in [0.15, 0.2) is 6.10 Å². The SMILES string of the molecule is CCCNC(=O)C(C)OC(=O)c1cc(N)cc(Cl)c1. The minimum absolute atomic E-state index is 0.222. The van der Waals surface area contributed by atoms with E-state index in [-0.39, 0.29) is 11.5 Å². The third kappa shape index (κ3) is 4.79. The highest BCUT2D eigenvalue weighted by Crippen LogP contribution is 2.17. The van der Waals surface area contributed by atoms with Crippen molar-refractivity contribution < 1.29 is 14.3 Å². The molecule has 19 heavy (non-hydrogen) atoms. The summed E-state index contributed by atoms with van der Waals surface area (Å²) < 4.78 is 5.04. The fourth-order valence-corrected chi connectivity index (χ4v) is 1.65. The molecule has 0 bridgehead atoms. The molecule has 1 aromatic carbocycles. The summed E-state index contributed by atoms with van der Waals surface area (Å²) in [4.78, 5) is 23.4. The number of nitrogens with one attached hydrogen (secondary N) is 1. The maximum absolute atomic E-state index is 11.8. The fraction of sp³-hybridized carbons (Fsp3) is 0.385. The molecule has 0 aromatic heterocycles. The predicted molar refractivity (Wildman–Crippen MR) is 74.0 cm³/mol. The molecule has 0 spiro atoms. The molecule has 0 aliphatic rings. The second kappa shape index (κ2) is 6.99. The zero-order valence-electron chi connectivity index (χ0n) is 10.9. The third-order valence-corrected chi connectivity index (χ3v) is 2.58. The second-order valence-corrected chi connectivity index (χ2v) is 4.55. The van der Waals surface area contributed by atoms with E-state index in [1.54, 1.807) is 0 Å². The molecule has 3 N–H and O–H groups in total. The van der Waals surface area contributed by atoms with Gasteiger partial charge < -0.3 is 15.8 Å². The average molecular weight is 285 g/mol. The van der Waals surface area contributed by atoms with Gasteiger partial charge in [0.05, 0.1) is 5.56 Å². The Labute approximate surface area is 117 Å². The number of carbonyl (C=O) groups excluding carboxylic acids is 2. The Hall–Kier alpha value is -1.75. The van der Waals surface area contributed by atoms with E-state index in [0.29, 0.717) is 17.3 Å². The molecule has 1 aromatic rings. The van der Waals surface area contributed by atoms with Crippen LogP contribution in [0.25, 0.3) is 0 Å². The van der Waals surface area contributed by atoms with Gasteiger partial charge in [-0.25, -0.2) is 4.79 Å². The number of esters is 1. The zero-order valence-corrected chi connectivity index (χ0v) is 11.7. The molecule has 0 saturated carbocycles. The number of nitrogens with two attached hydrogens (primary N) is 1. The van der Waals surface area contributed by atoms with E-state index in [9.17, 15) is 9.59 Å². The Morgan fingerprint density at radius 2 is 2.11 bits per heavy atom. The zero-order chi connectivity index (χ0) is 14.4. The van der Waals surface area contributed by atoms with Crippen LogP contribution < -0.4 is 11.1 Å². The molecule has 0 aliphatic heterocycles. The van der Waals surface area contributed by atoms with Crippen LogP contribution in [-0.4, -0.2) is 24.5 Å². The lowest BCUT2D eigenvalue weighted by atomic mass is 10.2. The van der Waals surface area contributed by atoms with Crippen LogP contribution in [0.5, 0.6) is 0 Å². The molecular weight excluding hydrogens is 268 g/mol. The molecule has 0 aliphatic carbocycles. The Balaban J connectivity index is 2.66. The fourth-order valence-electron chi connectivity index (χ4n) is 1.40. The minimum Gasteiger partial charge on any atom is -0.449 e. The highest BCUT2D eigenvalue weighted by Gasteiger charge is 2.18. The number of amides is 1. The van der Waals surface area contributed by atoms with Crippen molar-refractivity contribution in [1.29, 1.82) is 0 Å². The molecule has 1 rings (SSSR count). The number of hydrogen-bond donors (Lipinski definition) is 2. The maximum Gasteiger partial charge on any atom is 0.339 e. The van der Waals surface area contributed by atoms with Crippen LogP contribution >= 0.6 is 11.6 Å². The van der Waals surface area contributed by atoms with E-state index >= 15 is 0 Å². The number of anilines is 1. The van der Waals surface area contributed by atoms with Crippen molar-refractivity contribution in [3.63, 3.8) is 0 Å². The smallest absolute Gasteiger partial charge is 0.339 e. The molecule has 6 heteroatoms. The second-order valence-electron chi connectivity index (χ2n) is 4.11. The highest BCUT2D eigenvalue weighted by atomic mass is 35.5. The first kappa shape index (κ1) is 15.3. The summed E-state index contributed by atoms with van der Waals surface area (Å²) in [5.74, 6) is -0.960. The van der Waals surface area contributed by atoms with Crippen molar-refractivity contribution in [3.05, 3.63) is 28.8 Å². The molecule has 0 fully saturated rings. The van der Waals surface area contributed by atoms with Gasteiger partial charge in [0, 0.05) is 17.3 Å². The lowest BCUT2D eigenvalue weighted by Gasteiger charge is -2.13. The number of hydrogen-bond acceptors (Lipinski definition) is 4. The van der Waals surface area contributed by atoms with Crippen LogP contribution in [0.2, 0.25) is 5.02 Å². The summed E-state index contributed by atoms with van der Waals surface area (Å²) in [7, 11) is 0. The molecule has 1 unspecified atom stereocenters. The van der Waals surface area contributed by atoms with Crippen molar-refractivity contribution in [1.82, 2.24) is 5.32 Å². The van der Waals surface area contributed by atoms with Gasteiger partial charge in [-0.1, -0.05) is 18.5 Å². The average Bonchev–Trinajstić information content (AvgIpc) is 2.34. The van der Waals surface area contributed by atoms with Crippen molar-refractivity contribution >= 4 is 29.2 Å². The van der Waals surface area contributed by atoms with Crippen molar-refractivity contribution in [3.8, 4) is 0 Å². The van der Waals surface area contributed by atoms with E-state index in [0.717, 1.165) is 6.42 Å². The van der Waals surface area contributed by atoms with Crippen LogP contribution in [0.15, 0.2) is 18.2 Å². The van der Waals surface area contributed by atoms with Crippen LogP contribution in [0.3, 0.4) is 0 Å². The number of ether oxygens (including phenoxy) is 1. The first-order chi connectivity index (χ1) is 8.93. The van der Waals surface area contributed by atoms with Gasteiger partial charge >= 0.3 is 5.97 Å². The maximum atomic E-state index is 11.8. The monoisotopic (exact) mass is 284 g/mol. The van der Waals surface area contributed by atoms with Crippen LogP contribution in [-0.2, 0) is 9.53 Å². The summed E-state index contributed by atoms with van der Waals surface area (Å²) in [5, 5.41) is 2.99. The molecule has 0 heterocycles. The largest absolute Gasteiger partial charge is 0.449 e. The normalized spacial score (nSPS) is 11.7. The van der Waals surface area contributed by atoms with Crippen molar-refractivity contribution in [2.24, 2.45) is 0 Å². The Morgan fingerprint density at radius 3 is 2.68 bits per heavy atom. The molecule has 0 radical (unpaired) electrons. The van der Waals surface area contributed by atoms with Gasteiger partial charge in [-0.05, 0) is 31.5 Å². The van der Waals surface area contributed by atoms with Crippen LogP contribution in [0.4, 0.5) is 5.69 Å². The van der Waals surface area contributed by atoms with E-state index < -0.39 is 12.1 Å². The van der Waals surface area contributed by atoms with E-state index in [1.165, 1.54) is 25.1 Å². The Morgan fingerprint density at radius 1 is 1.42 bits per heavy atom. The molecule has 5 nitrogen and oxygen atoms in total. The summed E-state index contributed by atoms with van der Waals surface area (Å²) >= 11 is 5.79.